The molecule has 0 bridgehead atoms. The Morgan fingerprint density at radius 2 is 1.65 bits per heavy atom. The third-order valence-electron chi connectivity index (χ3n) is 5.78. The number of nitrogens with one attached hydrogen (secondary N) is 2. The van der Waals surface area contributed by atoms with Crippen LogP contribution in [0.3, 0.4) is 0 Å². The molecule has 1 aliphatic heterocycles. The fourth-order valence-corrected chi connectivity index (χ4v) is 4.00. The molecule has 182 valence electrons. The van der Waals surface area contributed by atoms with Gasteiger partial charge in [-0.2, -0.15) is 5.10 Å². The lowest BCUT2D eigenvalue weighted by atomic mass is 9.87. The minimum atomic E-state index is -1.47. The van der Waals surface area contributed by atoms with E-state index in [1.807, 2.05) is 31.2 Å². The highest BCUT2D eigenvalue weighted by Crippen LogP contribution is 2.23. The smallest absolute Gasteiger partial charge is 0.394 e. The van der Waals surface area contributed by atoms with Gasteiger partial charge in [0.15, 0.2) is 5.11 Å². The fraction of sp³-hybridized carbons (Fsp3) is 0.435. The summed E-state index contributed by atoms with van der Waals surface area (Å²) in [6, 6.07) is 7.86. The predicted octanol–water partition coefficient (Wildman–Crippen LogP) is 1.60. The van der Waals surface area contributed by atoms with Crippen LogP contribution in [-0.4, -0.2) is 73.6 Å². The summed E-state index contributed by atoms with van der Waals surface area (Å²) in [4.78, 5) is 38.6. The fourth-order valence-electron chi connectivity index (χ4n) is 3.77. The average molecular weight is 487 g/mol. The van der Waals surface area contributed by atoms with E-state index in [0.717, 1.165) is 5.69 Å². The number of benzene rings is 1. The first-order valence-corrected chi connectivity index (χ1v) is 11.3. The van der Waals surface area contributed by atoms with Crippen LogP contribution in [0.4, 0.5) is 0 Å². The number of hydrogen-bond donors (Lipinski definition) is 3. The Balaban J connectivity index is 1.70. The Morgan fingerprint density at radius 3 is 2.18 bits per heavy atom. The van der Waals surface area contributed by atoms with Crippen molar-refractivity contribution < 1.29 is 14.7 Å². The van der Waals surface area contributed by atoms with Crippen LogP contribution in [0.15, 0.2) is 34.2 Å². The number of amides is 1. The molecule has 0 atom stereocenters. The van der Waals surface area contributed by atoms with E-state index < -0.39 is 11.9 Å². The number of carboxylic acids is 1. The van der Waals surface area contributed by atoms with Gasteiger partial charge in [0.2, 0.25) is 0 Å². The average Bonchev–Trinajstić information content (AvgIpc) is 3.10. The van der Waals surface area contributed by atoms with Gasteiger partial charge in [-0.1, -0.05) is 32.9 Å². The zero-order valence-electron chi connectivity index (χ0n) is 20.0. The van der Waals surface area contributed by atoms with Gasteiger partial charge in [-0.3, -0.25) is 20.1 Å². The first kappa shape index (κ1) is 25.2. The van der Waals surface area contributed by atoms with Gasteiger partial charge in [0, 0.05) is 31.9 Å². The highest BCUT2D eigenvalue weighted by Gasteiger charge is 2.26. The number of aromatic amines is 1. The van der Waals surface area contributed by atoms with Crippen molar-refractivity contribution in [1.82, 2.24) is 25.0 Å². The number of nitrogens with zero attached hydrogens (tertiary/aromatic N) is 4. The highest BCUT2D eigenvalue weighted by atomic mass is 32.1. The summed E-state index contributed by atoms with van der Waals surface area (Å²) in [6.45, 7) is 11.2. The Labute approximate surface area is 203 Å². The number of carboxylic acid groups (broad SMARTS) is 1. The van der Waals surface area contributed by atoms with Gasteiger partial charge in [-0.05, 0) is 49.2 Å². The maximum Gasteiger partial charge on any atom is 0.394 e. The molecule has 3 N–H and O–H groups in total. The van der Waals surface area contributed by atoms with E-state index in [1.54, 1.807) is 11.8 Å². The van der Waals surface area contributed by atoms with Crippen molar-refractivity contribution in [2.75, 3.05) is 26.2 Å². The molecule has 11 heteroatoms. The van der Waals surface area contributed by atoms with E-state index in [1.165, 1.54) is 15.1 Å². The molecule has 2 heterocycles. The summed E-state index contributed by atoms with van der Waals surface area (Å²) in [7, 11) is 0. The van der Waals surface area contributed by atoms with Gasteiger partial charge < -0.3 is 14.9 Å². The summed E-state index contributed by atoms with van der Waals surface area (Å²) in [5.74, 6) is -2.38. The molecule has 1 amide bonds. The molecule has 3 rings (SSSR count). The molecule has 1 aromatic heterocycles. The number of aryl methyl sites for hydroxylation is 1. The van der Waals surface area contributed by atoms with Crippen molar-refractivity contribution in [3.8, 4) is 5.69 Å². The first-order chi connectivity index (χ1) is 15.9. The van der Waals surface area contributed by atoms with E-state index in [9.17, 15) is 14.4 Å². The zero-order chi connectivity index (χ0) is 25.2. The number of hydrazone groups is 1. The molecule has 0 radical (unpaired) electrons. The first-order valence-electron chi connectivity index (χ1n) is 10.9. The lowest BCUT2D eigenvalue weighted by Gasteiger charge is -2.34. The van der Waals surface area contributed by atoms with E-state index in [4.69, 9.17) is 17.3 Å². The molecular weight excluding hydrogens is 456 g/mol. The van der Waals surface area contributed by atoms with Gasteiger partial charge in [0.25, 0.3) is 5.56 Å². The lowest BCUT2D eigenvalue weighted by Crippen LogP contribution is -2.53. The van der Waals surface area contributed by atoms with Crippen molar-refractivity contribution in [2.45, 2.75) is 40.0 Å². The number of piperazine rings is 1. The molecule has 2 aromatic rings. The molecular formula is C23H30N6O4S. The molecule has 1 saturated heterocycles. The predicted molar refractivity (Wildman–Crippen MR) is 134 cm³/mol. The van der Waals surface area contributed by atoms with Crippen molar-refractivity contribution in [1.29, 1.82) is 0 Å². The molecule has 0 aliphatic carbocycles. The van der Waals surface area contributed by atoms with Crippen molar-refractivity contribution >= 4 is 34.9 Å². The van der Waals surface area contributed by atoms with E-state index >= 15 is 0 Å². The minimum absolute atomic E-state index is 0.0199. The van der Waals surface area contributed by atoms with Crippen LogP contribution in [0.2, 0.25) is 0 Å². The van der Waals surface area contributed by atoms with Gasteiger partial charge in [0.1, 0.15) is 0 Å². The van der Waals surface area contributed by atoms with Gasteiger partial charge in [-0.15, -0.1) is 0 Å². The molecule has 1 fully saturated rings. The van der Waals surface area contributed by atoms with Crippen LogP contribution in [0, 0.1) is 6.92 Å². The molecule has 34 heavy (non-hydrogen) atoms. The second-order valence-corrected chi connectivity index (χ2v) is 9.63. The lowest BCUT2D eigenvalue weighted by molar-refractivity contribution is -0.156. The number of rotatable bonds is 3. The summed E-state index contributed by atoms with van der Waals surface area (Å²) in [5, 5.41) is 16.6. The van der Waals surface area contributed by atoms with Gasteiger partial charge in [0.05, 0.1) is 17.0 Å². The maximum absolute atomic E-state index is 13.1. The van der Waals surface area contributed by atoms with Crippen molar-refractivity contribution in [2.24, 2.45) is 5.10 Å². The number of carbonyl (C=O) groups excluding carboxylic acids is 1. The van der Waals surface area contributed by atoms with Crippen molar-refractivity contribution in [3.05, 3.63) is 51.4 Å². The molecule has 1 aromatic carbocycles. The highest BCUT2D eigenvalue weighted by molar-refractivity contribution is 7.80. The SMILES string of the molecule is C/C(=N\NC(=S)N1CCN(C(=O)C(=O)O)CC1)c1c(C)[nH]n(-c2ccc(C(C)(C)C)cc2)c1=O. The third-order valence-corrected chi connectivity index (χ3v) is 6.13. The number of thiocarbonyl (C=S) groups is 1. The summed E-state index contributed by atoms with van der Waals surface area (Å²) < 4.78 is 1.49. The van der Waals surface area contributed by atoms with E-state index in [0.29, 0.717) is 35.2 Å². The normalized spacial score (nSPS) is 14.8. The standard InChI is InChI=1S/C23H30N6O4S/c1-14(24-25-22(34)28-12-10-27(11-13-28)20(31)21(32)33)18-15(2)26-29(19(18)30)17-8-6-16(7-9-17)23(3,4)5/h6-9,26H,10-13H2,1-5H3,(H,25,34)(H,32,33)/b24-14+. The number of carbonyl (C=O) groups is 2. The largest absolute Gasteiger partial charge is 0.474 e. The summed E-state index contributed by atoms with van der Waals surface area (Å²) in [6.07, 6.45) is 0. The molecule has 1 aliphatic rings. The Bertz CT molecular complexity index is 1180. The quantitative estimate of drug-likeness (QED) is 0.261. The second-order valence-electron chi connectivity index (χ2n) is 9.25. The zero-order valence-corrected chi connectivity index (χ0v) is 20.8. The van der Waals surface area contributed by atoms with Crippen LogP contribution in [0.1, 0.15) is 44.5 Å². The van der Waals surface area contributed by atoms with Crippen LogP contribution >= 0.6 is 12.2 Å². The Hall–Kier alpha value is -3.47. The summed E-state index contributed by atoms with van der Waals surface area (Å²) >= 11 is 5.38. The van der Waals surface area contributed by atoms with Crippen LogP contribution in [0.5, 0.6) is 0 Å². The number of aliphatic carboxylic acids is 1. The summed E-state index contributed by atoms with van der Waals surface area (Å²) in [5.41, 5.74) is 6.14. The maximum atomic E-state index is 13.1. The topological polar surface area (TPSA) is 123 Å². The number of aromatic nitrogens is 2. The third kappa shape index (κ3) is 5.36. The molecule has 10 nitrogen and oxygen atoms in total. The molecule has 0 saturated carbocycles. The van der Waals surface area contributed by atoms with Crippen LogP contribution in [0.25, 0.3) is 5.69 Å². The van der Waals surface area contributed by atoms with Crippen LogP contribution in [-0.2, 0) is 15.0 Å². The van der Waals surface area contributed by atoms with E-state index in [2.05, 4.69) is 36.4 Å². The monoisotopic (exact) mass is 486 g/mol. The van der Waals surface area contributed by atoms with Gasteiger partial charge >= 0.3 is 11.9 Å². The van der Waals surface area contributed by atoms with Crippen LogP contribution < -0.4 is 11.0 Å². The molecule has 0 unspecified atom stereocenters. The van der Waals surface area contributed by atoms with Gasteiger partial charge in [-0.25, -0.2) is 9.48 Å². The number of hydrogen-bond acceptors (Lipinski definition) is 5. The second kappa shape index (κ2) is 9.80. The van der Waals surface area contributed by atoms with Crippen molar-refractivity contribution in [3.63, 3.8) is 0 Å². The number of H-pyrrole nitrogens is 1. The molecule has 0 spiro atoms. The Morgan fingerprint density at radius 1 is 1.09 bits per heavy atom. The van der Waals surface area contributed by atoms with E-state index in [-0.39, 0.29) is 24.1 Å². The minimum Gasteiger partial charge on any atom is -0.474 e. The Kier molecular flexibility index (Phi) is 7.25.